The van der Waals surface area contributed by atoms with Gasteiger partial charge in [0, 0.05) is 0 Å². The third kappa shape index (κ3) is 3.58. The summed E-state index contributed by atoms with van der Waals surface area (Å²) in [6.07, 6.45) is 3.91. The van der Waals surface area contributed by atoms with E-state index in [-0.39, 0.29) is 0 Å². The van der Waals surface area contributed by atoms with Crippen LogP contribution in [0.5, 0.6) is 0 Å². The maximum atomic E-state index is 4.07. The molecule has 0 aromatic heterocycles. The molecule has 1 nitrogen and oxygen atoms in total. The zero-order valence-corrected chi connectivity index (χ0v) is 11.4. The summed E-state index contributed by atoms with van der Waals surface area (Å²) >= 11 is 0. The largest absolute Gasteiger partial charge is 0.334 e. The zero-order valence-electron chi connectivity index (χ0n) is 10.4. The van der Waals surface area contributed by atoms with Gasteiger partial charge in [0.15, 0.2) is 8.24 Å². The van der Waals surface area contributed by atoms with Gasteiger partial charge in [-0.15, -0.1) is 6.58 Å². The molecule has 2 unspecified atom stereocenters. The molecule has 0 bridgehead atoms. The van der Waals surface area contributed by atoms with Crippen LogP contribution in [0.2, 0.25) is 11.6 Å². The highest BCUT2D eigenvalue weighted by Gasteiger charge is 2.33. The summed E-state index contributed by atoms with van der Waals surface area (Å²) in [4.78, 5) is 3.75. The molecule has 14 heavy (non-hydrogen) atoms. The second-order valence-corrected chi connectivity index (χ2v) is 8.52. The van der Waals surface area contributed by atoms with Gasteiger partial charge in [0.25, 0.3) is 0 Å². The fourth-order valence-electron chi connectivity index (χ4n) is 2.05. The molecular formula is C12H27NSi. The van der Waals surface area contributed by atoms with E-state index in [1.165, 1.54) is 25.3 Å². The lowest BCUT2D eigenvalue weighted by atomic mass is 10.4. The summed E-state index contributed by atoms with van der Waals surface area (Å²) in [5.74, 6) is 0. The molecule has 0 saturated heterocycles. The Morgan fingerprint density at radius 1 is 1.36 bits per heavy atom. The molecule has 0 aliphatic carbocycles. The first kappa shape index (κ1) is 13.9. The lowest BCUT2D eigenvalue weighted by Crippen LogP contribution is -2.52. The second-order valence-electron chi connectivity index (χ2n) is 4.19. The quantitative estimate of drug-likeness (QED) is 0.604. The standard InChI is InChI=1S/C12H27NSi/c1-6-10-11-14(9-4,13-8-3)12(5)7-2/h9,12-13H,4,6-8,10-11H2,1-3,5H3. The monoisotopic (exact) mass is 213 g/mol. The third-order valence-electron chi connectivity index (χ3n) is 3.31. The van der Waals surface area contributed by atoms with Gasteiger partial charge in [-0.25, -0.2) is 0 Å². The summed E-state index contributed by atoms with van der Waals surface area (Å²) in [6.45, 7) is 14.3. The van der Waals surface area contributed by atoms with Crippen molar-refractivity contribution in [3.8, 4) is 0 Å². The maximum absolute atomic E-state index is 4.07. The van der Waals surface area contributed by atoms with Crippen molar-refractivity contribution < 1.29 is 0 Å². The first-order chi connectivity index (χ1) is 6.66. The molecule has 2 heteroatoms. The van der Waals surface area contributed by atoms with Gasteiger partial charge in [-0.1, -0.05) is 52.7 Å². The summed E-state index contributed by atoms with van der Waals surface area (Å²) in [7, 11) is -1.38. The summed E-state index contributed by atoms with van der Waals surface area (Å²) < 4.78 is 0. The smallest absolute Gasteiger partial charge is 0.152 e. The number of unbranched alkanes of at least 4 members (excludes halogenated alkanes) is 1. The summed E-state index contributed by atoms with van der Waals surface area (Å²) in [5.41, 5.74) is 3.08. The Morgan fingerprint density at radius 2 is 2.00 bits per heavy atom. The van der Waals surface area contributed by atoms with Gasteiger partial charge in [0.1, 0.15) is 0 Å². The Hall–Kier alpha value is -0.0831. The van der Waals surface area contributed by atoms with Gasteiger partial charge in [0.05, 0.1) is 0 Å². The molecular weight excluding hydrogens is 186 g/mol. The molecule has 0 radical (unpaired) electrons. The van der Waals surface area contributed by atoms with Crippen LogP contribution in [-0.4, -0.2) is 14.8 Å². The van der Waals surface area contributed by atoms with E-state index in [4.69, 9.17) is 0 Å². The van der Waals surface area contributed by atoms with Crippen LogP contribution in [0.1, 0.15) is 47.0 Å². The fourth-order valence-corrected chi connectivity index (χ4v) is 6.14. The number of nitrogens with one attached hydrogen (secondary N) is 1. The highest BCUT2D eigenvalue weighted by Crippen LogP contribution is 2.28. The molecule has 2 atom stereocenters. The normalized spacial score (nSPS) is 17.4. The van der Waals surface area contributed by atoms with E-state index in [1.807, 2.05) is 0 Å². The second kappa shape index (κ2) is 7.24. The molecule has 0 aliphatic rings. The molecule has 1 N–H and O–H groups in total. The highest BCUT2D eigenvalue weighted by molar-refractivity contribution is 6.83. The van der Waals surface area contributed by atoms with Crippen LogP contribution in [0.3, 0.4) is 0 Å². The van der Waals surface area contributed by atoms with Crippen LogP contribution >= 0.6 is 0 Å². The van der Waals surface area contributed by atoms with Crippen LogP contribution in [0.15, 0.2) is 12.3 Å². The van der Waals surface area contributed by atoms with Crippen molar-refractivity contribution in [1.82, 2.24) is 4.98 Å². The lowest BCUT2D eigenvalue weighted by molar-refractivity contribution is 0.759. The Kier molecular flexibility index (Phi) is 7.20. The lowest BCUT2D eigenvalue weighted by Gasteiger charge is -2.34. The molecule has 0 rings (SSSR count). The van der Waals surface area contributed by atoms with Crippen LogP contribution in [0.4, 0.5) is 0 Å². The molecule has 0 amide bonds. The average Bonchev–Trinajstić information content (AvgIpc) is 2.23. The van der Waals surface area contributed by atoms with E-state index in [0.29, 0.717) is 0 Å². The van der Waals surface area contributed by atoms with E-state index < -0.39 is 8.24 Å². The van der Waals surface area contributed by atoms with E-state index in [9.17, 15) is 0 Å². The van der Waals surface area contributed by atoms with Gasteiger partial charge in [-0.3, -0.25) is 0 Å². The Labute approximate surface area is 91.1 Å². The van der Waals surface area contributed by atoms with Crippen molar-refractivity contribution in [2.45, 2.75) is 58.5 Å². The van der Waals surface area contributed by atoms with E-state index in [0.717, 1.165) is 12.1 Å². The van der Waals surface area contributed by atoms with E-state index in [2.05, 4.69) is 45.0 Å². The third-order valence-corrected chi connectivity index (χ3v) is 8.39. The number of hydrogen-bond acceptors (Lipinski definition) is 1. The summed E-state index contributed by atoms with van der Waals surface area (Å²) in [6, 6.07) is 1.36. The predicted molar refractivity (Wildman–Crippen MR) is 69.1 cm³/mol. The Bertz CT molecular complexity index is 158. The summed E-state index contributed by atoms with van der Waals surface area (Å²) in [5, 5.41) is 0. The minimum absolute atomic E-state index is 0.812. The first-order valence-electron chi connectivity index (χ1n) is 6.05. The van der Waals surface area contributed by atoms with Crippen molar-refractivity contribution in [2.24, 2.45) is 0 Å². The van der Waals surface area contributed by atoms with E-state index in [1.54, 1.807) is 0 Å². The molecule has 0 heterocycles. The number of hydrogen-bond donors (Lipinski definition) is 1. The van der Waals surface area contributed by atoms with Crippen molar-refractivity contribution in [2.75, 3.05) is 6.54 Å². The minimum Gasteiger partial charge on any atom is -0.334 e. The van der Waals surface area contributed by atoms with Crippen LogP contribution < -0.4 is 4.98 Å². The minimum atomic E-state index is -1.38. The van der Waals surface area contributed by atoms with Gasteiger partial charge >= 0.3 is 0 Å². The topological polar surface area (TPSA) is 12.0 Å². The average molecular weight is 213 g/mol. The Morgan fingerprint density at radius 3 is 2.36 bits per heavy atom. The predicted octanol–water partition coefficient (Wildman–Crippen LogP) is 3.87. The Balaban J connectivity index is 4.49. The SMILES string of the molecule is C=C[Si](CCCC)(NCC)C(C)CC. The van der Waals surface area contributed by atoms with Gasteiger partial charge in [-0.05, 0) is 18.1 Å². The highest BCUT2D eigenvalue weighted by atomic mass is 28.3. The zero-order chi connectivity index (χ0) is 11.0. The van der Waals surface area contributed by atoms with Crippen LogP contribution in [0, 0.1) is 0 Å². The molecule has 0 saturated carbocycles. The van der Waals surface area contributed by atoms with Gasteiger partial charge in [-0.2, -0.15) is 0 Å². The van der Waals surface area contributed by atoms with Crippen molar-refractivity contribution >= 4 is 8.24 Å². The maximum Gasteiger partial charge on any atom is 0.152 e. The molecule has 0 fully saturated rings. The van der Waals surface area contributed by atoms with Gasteiger partial charge < -0.3 is 4.98 Å². The molecule has 84 valence electrons. The van der Waals surface area contributed by atoms with Crippen molar-refractivity contribution in [3.63, 3.8) is 0 Å². The van der Waals surface area contributed by atoms with Gasteiger partial charge in [0.2, 0.25) is 0 Å². The molecule has 0 aromatic rings. The molecule has 0 spiro atoms. The molecule has 0 aliphatic heterocycles. The van der Waals surface area contributed by atoms with E-state index >= 15 is 0 Å². The fraction of sp³-hybridized carbons (Fsp3) is 0.833. The van der Waals surface area contributed by atoms with Crippen molar-refractivity contribution in [3.05, 3.63) is 12.3 Å². The van der Waals surface area contributed by atoms with Crippen LogP contribution in [0.25, 0.3) is 0 Å². The van der Waals surface area contributed by atoms with Crippen molar-refractivity contribution in [1.29, 1.82) is 0 Å². The first-order valence-corrected chi connectivity index (χ1v) is 8.41. The molecule has 0 aromatic carbocycles. The number of rotatable bonds is 8. The van der Waals surface area contributed by atoms with Crippen LogP contribution in [-0.2, 0) is 0 Å².